The summed E-state index contributed by atoms with van der Waals surface area (Å²) in [5.74, 6) is 2.64. The first-order chi connectivity index (χ1) is 6.76. The highest BCUT2D eigenvalue weighted by Crippen LogP contribution is 2.17. The van der Waals surface area contributed by atoms with Crippen molar-refractivity contribution in [3.8, 4) is 12.3 Å². The number of rotatable bonds is 5. The molecule has 0 spiro atoms. The molecule has 1 aromatic heterocycles. The van der Waals surface area contributed by atoms with Gasteiger partial charge >= 0.3 is 0 Å². The smallest absolute Gasteiger partial charge is 0.0599 e. The highest BCUT2D eigenvalue weighted by atomic mass is 32.1. The van der Waals surface area contributed by atoms with Gasteiger partial charge in [0.1, 0.15) is 0 Å². The monoisotopic (exact) mass is 208 g/mol. The van der Waals surface area contributed by atoms with Crippen LogP contribution >= 0.6 is 11.3 Å². The molecule has 14 heavy (non-hydrogen) atoms. The molecule has 0 radical (unpaired) electrons. The predicted octanol–water partition coefficient (Wildman–Crippen LogP) is 1.53. The molecule has 0 saturated carbocycles. The summed E-state index contributed by atoms with van der Waals surface area (Å²) in [6, 6.07) is 4.34. The normalized spacial score (nSPS) is 10.4. The molecule has 1 aromatic rings. The first-order valence-corrected chi connectivity index (χ1v) is 5.42. The maximum Gasteiger partial charge on any atom is 0.0599 e. The van der Waals surface area contributed by atoms with Crippen LogP contribution in [0.4, 0.5) is 0 Å². The molecule has 0 aromatic carbocycles. The Bertz CT molecular complexity index is 311. The largest absolute Gasteiger partial charge is 0.315 e. The van der Waals surface area contributed by atoms with Gasteiger partial charge in [0.05, 0.1) is 6.54 Å². The molecule has 0 fully saturated rings. The average molecular weight is 208 g/mol. The van der Waals surface area contributed by atoms with Crippen LogP contribution < -0.4 is 5.32 Å². The number of hydrogen-bond donors (Lipinski definition) is 1. The second kappa shape index (κ2) is 5.82. The molecule has 1 heterocycles. The molecule has 0 amide bonds. The van der Waals surface area contributed by atoms with Gasteiger partial charge in [0.15, 0.2) is 0 Å². The summed E-state index contributed by atoms with van der Waals surface area (Å²) in [4.78, 5) is 4.87. The summed E-state index contributed by atoms with van der Waals surface area (Å²) in [5, 5.41) is 3.14. The van der Waals surface area contributed by atoms with E-state index in [1.54, 1.807) is 0 Å². The topological polar surface area (TPSA) is 15.3 Å². The number of nitrogens with one attached hydrogen (secondary N) is 1. The molecule has 0 unspecified atom stereocenters. The van der Waals surface area contributed by atoms with Gasteiger partial charge in [0, 0.05) is 22.8 Å². The zero-order valence-corrected chi connectivity index (χ0v) is 9.53. The zero-order chi connectivity index (χ0) is 10.4. The van der Waals surface area contributed by atoms with Gasteiger partial charge in [0.2, 0.25) is 0 Å². The second-order valence-corrected chi connectivity index (χ2v) is 4.53. The zero-order valence-electron chi connectivity index (χ0n) is 8.71. The van der Waals surface area contributed by atoms with Crippen molar-refractivity contribution in [3.05, 3.63) is 21.9 Å². The molecule has 0 aliphatic carbocycles. The predicted molar refractivity (Wildman–Crippen MR) is 62.2 cm³/mol. The van der Waals surface area contributed by atoms with Gasteiger partial charge in [-0.3, -0.25) is 4.90 Å². The third-order valence-corrected chi connectivity index (χ3v) is 2.93. The Hall–Kier alpha value is -0.820. The van der Waals surface area contributed by atoms with Crippen LogP contribution in [0.1, 0.15) is 9.75 Å². The summed E-state index contributed by atoms with van der Waals surface area (Å²) >= 11 is 1.84. The van der Waals surface area contributed by atoms with E-state index >= 15 is 0 Å². The fourth-order valence-electron chi connectivity index (χ4n) is 1.25. The van der Waals surface area contributed by atoms with E-state index in [9.17, 15) is 0 Å². The highest BCUT2D eigenvalue weighted by molar-refractivity contribution is 7.11. The summed E-state index contributed by atoms with van der Waals surface area (Å²) in [6.07, 6.45) is 5.24. The molecule has 0 bridgehead atoms. The van der Waals surface area contributed by atoms with Gasteiger partial charge in [-0.25, -0.2) is 0 Å². The van der Waals surface area contributed by atoms with Gasteiger partial charge in [-0.15, -0.1) is 17.8 Å². The molecule has 1 N–H and O–H groups in total. The van der Waals surface area contributed by atoms with Gasteiger partial charge < -0.3 is 5.32 Å². The number of thiophene rings is 1. The van der Waals surface area contributed by atoms with Crippen LogP contribution in [0, 0.1) is 12.3 Å². The summed E-state index contributed by atoms with van der Waals surface area (Å²) in [5.41, 5.74) is 0. The number of hydrogen-bond acceptors (Lipinski definition) is 3. The van der Waals surface area contributed by atoms with Crippen molar-refractivity contribution >= 4 is 11.3 Å². The van der Waals surface area contributed by atoms with Crippen molar-refractivity contribution in [1.82, 2.24) is 10.2 Å². The van der Waals surface area contributed by atoms with E-state index in [1.807, 2.05) is 25.4 Å². The minimum atomic E-state index is 0.708. The fourth-order valence-corrected chi connectivity index (χ4v) is 2.36. The lowest BCUT2D eigenvalue weighted by Crippen LogP contribution is -2.16. The first-order valence-electron chi connectivity index (χ1n) is 4.60. The Kier molecular flexibility index (Phi) is 4.68. The molecular formula is C11H16N2S. The maximum absolute atomic E-state index is 5.24. The first kappa shape index (κ1) is 11.3. The molecule has 76 valence electrons. The molecule has 1 rings (SSSR count). The Morgan fingerprint density at radius 2 is 2.21 bits per heavy atom. The Balaban J connectivity index is 2.47. The van der Waals surface area contributed by atoms with E-state index in [0.717, 1.165) is 13.1 Å². The van der Waals surface area contributed by atoms with Gasteiger partial charge in [-0.1, -0.05) is 5.92 Å². The fraction of sp³-hybridized carbons (Fsp3) is 0.455. The van der Waals surface area contributed by atoms with Gasteiger partial charge in [-0.2, -0.15) is 0 Å². The lowest BCUT2D eigenvalue weighted by molar-refractivity contribution is 0.372. The molecular weight excluding hydrogens is 192 g/mol. The van der Waals surface area contributed by atoms with Crippen LogP contribution in [-0.2, 0) is 13.1 Å². The molecule has 0 aliphatic heterocycles. The van der Waals surface area contributed by atoms with Crippen molar-refractivity contribution in [3.63, 3.8) is 0 Å². The lowest BCUT2D eigenvalue weighted by atomic mass is 10.4. The molecule has 0 saturated heterocycles. The summed E-state index contributed by atoms with van der Waals surface area (Å²) < 4.78 is 0. The van der Waals surface area contributed by atoms with Crippen LogP contribution in [0.25, 0.3) is 0 Å². The van der Waals surface area contributed by atoms with Crippen LogP contribution in [0.2, 0.25) is 0 Å². The van der Waals surface area contributed by atoms with Crippen LogP contribution in [-0.4, -0.2) is 25.5 Å². The van der Waals surface area contributed by atoms with E-state index in [1.165, 1.54) is 9.75 Å². The molecule has 0 aliphatic rings. The standard InChI is InChI=1S/C11H16N2S/c1-4-7-13(3)9-11-6-5-10(14-11)8-12-2/h1,5-6,12H,7-9H2,2-3H3. The van der Waals surface area contributed by atoms with Crippen LogP contribution in [0.5, 0.6) is 0 Å². The van der Waals surface area contributed by atoms with E-state index in [2.05, 4.69) is 28.3 Å². The number of nitrogens with zero attached hydrogens (tertiary/aromatic N) is 1. The number of terminal acetylenes is 1. The molecule has 0 atom stereocenters. The Morgan fingerprint density at radius 3 is 2.86 bits per heavy atom. The van der Waals surface area contributed by atoms with E-state index in [0.29, 0.717) is 6.54 Å². The Morgan fingerprint density at radius 1 is 1.50 bits per heavy atom. The lowest BCUT2D eigenvalue weighted by Gasteiger charge is -2.10. The quantitative estimate of drug-likeness (QED) is 0.738. The third kappa shape index (κ3) is 3.51. The van der Waals surface area contributed by atoms with Crippen LogP contribution in [0.15, 0.2) is 12.1 Å². The maximum atomic E-state index is 5.24. The van der Waals surface area contributed by atoms with E-state index in [4.69, 9.17) is 6.42 Å². The van der Waals surface area contributed by atoms with Crippen molar-refractivity contribution in [2.75, 3.05) is 20.6 Å². The van der Waals surface area contributed by atoms with E-state index in [-0.39, 0.29) is 0 Å². The highest BCUT2D eigenvalue weighted by Gasteiger charge is 2.02. The van der Waals surface area contributed by atoms with E-state index < -0.39 is 0 Å². The minimum absolute atomic E-state index is 0.708. The average Bonchev–Trinajstić information content (AvgIpc) is 2.53. The van der Waals surface area contributed by atoms with Crippen molar-refractivity contribution in [1.29, 1.82) is 0 Å². The van der Waals surface area contributed by atoms with Crippen molar-refractivity contribution < 1.29 is 0 Å². The van der Waals surface area contributed by atoms with Crippen molar-refractivity contribution in [2.45, 2.75) is 13.1 Å². The van der Waals surface area contributed by atoms with Crippen LogP contribution in [0.3, 0.4) is 0 Å². The third-order valence-electron chi connectivity index (χ3n) is 1.86. The summed E-state index contributed by atoms with van der Waals surface area (Å²) in [7, 11) is 4.00. The van der Waals surface area contributed by atoms with Gasteiger partial charge in [-0.05, 0) is 26.2 Å². The Labute approximate surface area is 89.9 Å². The summed E-state index contributed by atoms with van der Waals surface area (Å²) in [6.45, 7) is 2.60. The molecule has 3 heteroatoms. The van der Waals surface area contributed by atoms with Crippen molar-refractivity contribution in [2.24, 2.45) is 0 Å². The SMILES string of the molecule is C#CCN(C)Cc1ccc(CNC)s1. The minimum Gasteiger partial charge on any atom is -0.315 e. The van der Waals surface area contributed by atoms with Gasteiger partial charge in [0.25, 0.3) is 0 Å². The molecule has 2 nitrogen and oxygen atoms in total. The second-order valence-electron chi connectivity index (χ2n) is 3.27.